The molecule has 8 heteroatoms. The van der Waals surface area contributed by atoms with Crippen LogP contribution in [0.2, 0.25) is 0 Å². The summed E-state index contributed by atoms with van der Waals surface area (Å²) in [5.41, 5.74) is 0.0154. The van der Waals surface area contributed by atoms with E-state index in [9.17, 15) is 23.7 Å². The van der Waals surface area contributed by atoms with Gasteiger partial charge in [0.25, 0.3) is 0 Å². The van der Waals surface area contributed by atoms with Crippen LogP contribution in [0.1, 0.15) is 11.1 Å². The first kappa shape index (κ1) is 17.5. The van der Waals surface area contributed by atoms with Crippen molar-refractivity contribution in [3.63, 3.8) is 0 Å². The molecule has 0 saturated heterocycles. The van der Waals surface area contributed by atoms with E-state index < -0.39 is 35.4 Å². The fourth-order valence-electron chi connectivity index (χ4n) is 1.55. The van der Waals surface area contributed by atoms with E-state index in [-0.39, 0.29) is 4.90 Å². The van der Waals surface area contributed by atoms with Crippen molar-refractivity contribution in [2.24, 2.45) is 0 Å². The Morgan fingerprint density at radius 2 is 1.55 bits per heavy atom. The Bertz CT molecular complexity index is 575. The first-order chi connectivity index (χ1) is 9.21. The van der Waals surface area contributed by atoms with E-state index in [0.717, 1.165) is 11.1 Å². The molecule has 114 valence electrons. The van der Waals surface area contributed by atoms with Gasteiger partial charge in [0.15, 0.2) is 0 Å². The van der Waals surface area contributed by atoms with Crippen LogP contribution in [0.15, 0.2) is 21.5 Å². The maximum absolute atomic E-state index is 12.3. The number of sulfonamides is 1. The van der Waals surface area contributed by atoms with E-state index in [2.05, 4.69) is 20.7 Å². The predicted octanol–water partition coefficient (Wildman–Crippen LogP) is 0.0599. The van der Waals surface area contributed by atoms with Crippen LogP contribution in [0.5, 0.6) is 0 Å². The van der Waals surface area contributed by atoms with Crippen molar-refractivity contribution in [3.8, 4) is 0 Å². The van der Waals surface area contributed by atoms with Crippen molar-refractivity contribution in [1.29, 1.82) is 0 Å². The third-order valence-corrected chi connectivity index (χ3v) is 5.63. The molecule has 6 nitrogen and oxygen atoms in total. The van der Waals surface area contributed by atoms with Crippen LogP contribution in [0.4, 0.5) is 0 Å². The van der Waals surface area contributed by atoms with E-state index in [0.29, 0.717) is 4.47 Å². The molecule has 0 aliphatic rings. The Labute approximate surface area is 126 Å². The number of hydrogen-bond acceptors (Lipinski definition) is 5. The lowest BCUT2D eigenvalue weighted by Crippen LogP contribution is -2.56. The van der Waals surface area contributed by atoms with Crippen LogP contribution in [-0.2, 0) is 10.0 Å². The molecule has 1 aromatic rings. The second-order valence-electron chi connectivity index (χ2n) is 4.73. The molecule has 0 aromatic heterocycles. The molecule has 0 aliphatic carbocycles. The summed E-state index contributed by atoms with van der Waals surface area (Å²) in [5, 5.41) is 27.6. The standard InChI is InChI=1S/C12H18BrNO5S/c1-8-3-10(13)11(4-9(8)2)20(18,19)14-12(5-15,6-16)7-17/h3-4,14-17H,5-7H2,1-2H3. The van der Waals surface area contributed by atoms with E-state index in [1.807, 2.05) is 6.92 Å². The van der Waals surface area contributed by atoms with Crippen molar-refractivity contribution in [2.45, 2.75) is 24.3 Å². The average Bonchev–Trinajstić information content (AvgIpc) is 2.40. The lowest BCUT2D eigenvalue weighted by Gasteiger charge is -2.28. The van der Waals surface area contributed by atoms with Crippen LogP contribution >= 0.6 is 15.9 Å². The first-order valence-corrected chi connectivity index (χ1v) is 8.12. The monoisotopic (exact) mass is 367 g/mol. The summed E-state index contributed by atoms with van der Waals surface area (Å²) in [5.74, 6) is 0. The molecule has 0 fully saturated rings. The van der Waals surface area contributed by atoms with Gasteiger partial charge in [-0.15, -0.1) is 0 Å². The average molecular weight is 368 g/mol. The van der Waals surface area contributed by atoms with Gasteiger partial charge < -0.3 is 15.3 Å². The molecule has 0 radical (unpaired) electrons. The van der Waals surface area contributed by atoms with Gasteiger partial charge in [0.2, 0.25) is 10.0 Å². The molecule has 0 unspecified atom stereocenters. The van der Waals surface area contributed by atoms with Gasteiger partial charge in [-0.3, -0.25) is 0 Å². The molecule has 0 atom stereocenters. The van der Waals surface area contributed by atoms with E-state index >= 15 is 0 Å². The van der Waals surface area contributed by atoms with Crippen LogP contribution in [-0.4, -0.2) is 49.1 Å². The Morgan fingerprint density at radius 1 is 1.10 bits per heavy atom. The van der Waals surface area contributed by atoms with Crippen LogP contribution in [0, 0.1) is 13.8 Å². The maximum Gasteiger partial charge on any atom is 0.242 e. The molecule has 0 spiro atoms. The Hall–Kier alpha value is -0.510. The smallest absolute Gasteiger partial charge is 0.242 e. The number of aliphatic hydroxyl groups is 3. The van der Waals surface area contributed by atoms with Gasteiger partial charge in [0.05, 0.1) is 24.7 Å². The summed E-state index contributed by atoms with van der Waals surface area (Å²) in [7, 11) is -4.00. The molecule has 0 aliphatic heterocycles. The number of halogens is 1. The molecule has 4 N–H and O–H groups in total. The fraction of sp³-hybridized carbons (Fsp3) is 0.500. The molecule has 1 aromatic carbocycles. The molecule has 0 bridgehead atoms. The minimum absolute atomic E-state index is 0.0136. The van der Waals surface area contributed by atoms with E-state index in [4.69, 9.17) is 0 Å². The quantitative estimate of drug-likeness (QED) is 0.568. The van der Waals surface area contributed by atoms with Crippen LogP contribution in [0.25, 0.3) is 0 Å². The Morgan fingerprint density at radius 3 is 2.00 bits per heavy atom. The topological polar surface area (TPSA) is 107 Å². The lowest BCUT2D eigenvalue weighted by molar-refractivity contribution is 0.0582. The van der Waals surface area contributed by atoms with Crippen LogP contribution in [0.3, 0.4) is 0 Å². The van der Waals surface area contributed by atoms with Gasteiger partial charge in [-0.25, -0.2) is 8.42 Å². The van der Waals surface area contributed by atoms with Crippen molar-refractivity contribution >= 4 is 26.0 Å². The highest BCUT2D eigenvalue weighted by Gasteiger charge is 2.34. The van der Waals surface area contributed by atoms with Crippen molar-refractivity contribution in [3.05, 3.63) is 27.7 Å². The normalized spacial score (nSPS) is 12.7. The molecule has 20 heavy (non-hydrogen) atoms. The zero-order chi connectivity index (χ0) is 15.6. The van der Waals surface area contributed by atoms with Gasteiger partial charge >= 0.3 is 0 Å². The number of benzene rings is 1. The number of aryl methyl sites for hydroxylation is 2. The highest BCUT2D eigenvalue weighted by molar-refractivity contribution is 9.10. The van der Waals surface area contributed by atoms with Gasteiger partial charge in [-0.05, 0) is 53.0 Å². The van der Waals surface area contributed by atoms with Gasteiger partial charge in [0.1, 0.15) is 5.54 Å². The summed E-state index contributed by atoms with van der Waals surface area (Å²) in [4.78, 5) is -0.0136. The SMILES string of the molecule is Cc1cc(Br)c(S(=O)(=O)NC(CO)(CO)CO)cc1C. The maximum atomic E-state index is 12.3. The van der Waals surface area contributed by atoms with Crippen molar-refractivity contribution in [2.75, 3.05) is 19.8 Å². The number of hydrogen-bond donors (Lipinski definition) is 4. The Balaban J connectivity index is 3.28. The van der Waals surface area contributed by atoms with Gasteiger partial charge in [-0.1, -0.05) is 0 Å². The lowest BCUT2D eigenvalue weighted by atomic mass is 10.1. The minimum atomic E-state index is -4.00. The summed E-state index contributed by atoms with van der Waals surface area (Å²) in [6.45, 7) is 1.46. The minimum Gasteiger partial charge on any atom is -0.394 e. The van der Waals surface area contributed by atoms with Gasteiger partial charge in [0, 0.05) is 4.47 Å². The van der Waals surface area contributed by atoms with E-state index in [1.54, 1.807) is 13.0 Å². The third kappa shape index (κ3) is 3.57. The highest BCUT2D eigenvalue weighted by Crippen LogP contribution is 2.26. The largest absolute Gasteiger partial charge is 0.394 e. The Kier molecular flexibility index (Phi) is 5.70. The number of nitrogens with one attached hydrogen (secondary N) is 1. The summed E-state index contributed by atoms with van der Waals surface area (Å²) >= 11 is 3.18. The second kappa shape index (κ2) is 6.50. The summed E-state index contributed by atoms with van der Waals surface area (Å²) in [6, 6.07) is 3.15. The zero-order valence-electron chi connectivity index (χ0n) is 11.2. The van der Waals surface area contributed by atoms with Crippen LogP contribution < -0.4 is 4.72 Å². The van der Waals surface area contributed by atoms with Crippen molar-refractivity contribution in [1.82, 2.24) is 4.72 Å². The predicted molar refractivity (Wildman–Crippen MR) is 77.9 cm³/mol. The second-order valence-corrected chi connectivity index (χ2v) is 7.23. The summed E-state index contributed by atoms with van der Waals surface area (Å²) in [6.07, 6.45) is 0. The third-order valence-electron chi connectivity index (χ3n) is 3.10. The molecular formula is C12H18BrNO5S. The highest BCUT2D eigenvalue weighted by atomic mass is 79.9. The zero-order valence-corrected chi connectivity index (χ0v) is 13.6. The number of aliphatic hydroxyl groups excluding tert-OH is 3. The molecule has 0 saturated carbocycles. The van der Waals surface area contributed by atoms with Gasteiger partial charge in [-0.2, -0.15) is 4.72 Å². The van der Waals surface area contributed by atoms with E-state index in [1.165, 1.54) is 6.07 Å². The first-order valence-electron chi connectivity index (χ1n) is 5.84. The van der Waals surface area contributed by atoms with Crippen molar-refractivity contribution < 1.29 is 23.7 Å². The molecule has 0 heterocycles. The number of rotatable bonds is 6. The molecular weight excluding hydrogens is 350 g/mol. The fourth-order valence-corrected chi connectivity index (χ4v) is 4.17. The summed E-state index contributed by atoms with van der Waals surface area (Å²) < 4.78 is 27.2. The molecule has 1 rings (SSSR count). The molecule has 0 amide bonds.